The lowest BCUT2D eigenvalue weighted by atomic mass is 10.3. The van der Waals surface area contributed by atoms with E-state index in [0.29, 0.717) is 6.54 Å². The fraction of sp³-hybridized carbons (Fsp3) is 0.111. The number of benzene rings is 1. The summed E-state index contributed by atoms with van der Waals surface area (Å²) in [6, 6.07) is 5.87. The highest BCUT2D eigenvalue weighted by molar-refractivity contribution is 14.1. The minimum absolute atomic E-state index is 0.588. The van der Waals surface area contributed by atoms with Gasteiger partial charge in [-0.1, -0.05) is 0 Å². The van der Waals surface area contributed by atoms with Crippen molar-refractivity contribution in [2.24, 2.45) is 0 Å². The maximum atomic E-state index is 5.85. The van der Waals surface area contributed by atoms with Gasteiger partial charge < -0.3 is 11.1 Å². The van der Waals surface area contributed by atoms with Gasteiger partial charge in [0.2, 0.25) is 0 Å². The van der Waals surface area contributed by atoms with E-state index in [4.69, 9.17) is 5.73 Å². The molecule has 4 N–H and O–H groups in total. The molecule has 0 bridgehead atoms. The average molecular weight is 315 g/mol. The molecule has 5 nitrogen and oxygen atoms in total. The Bertz CT molecular complexity index is 440. The highest BCUT2D eigenvalue weighted by atomic mass is 127. The number of hydrogen-bond donors (Lipinski definition) is 3. The number of nitrogens with one attached hydrogen (secondary N) is 2. The van der Waals surface area contributed by atoms with E-state index in [0.717, 1.165) is 20.8 Å². The van der Waals surface area contributed by atoms with Gasteiger partial charge in [0.05, 0.1) is 17.9 Å². The molecular weight excluding hydrogens is 305 g/mol. The summed E-state index contributed by atoms with van der Waals surface area (Å²) in [5, 5.41) is 9.72. The molecule has 0 radical (unpaired) electrons. The number of nitrogen functional groups attached to an aromatic ring is 1. The summed E-state index contributed by atoms with van der Waals surface area (Å²) in [7, 11) is 0. The van der Waals surface area contributed by atoms with E-state index in [-0.39, 0.29) is 0 Å². The van der Waals surface area contributed by atoms with Gasteiger partial charge in [-0.05, 0) is 40.8 Å². The van der Waals surface area contributed by atoms with Crippen molar-refractivity contribution in [3.63, 3.8) is 0 Å². The van der Waals surface area contributed by atoms with Crippen LogP contribution in [0.1, 0.15) is 5.82 Å². The van der Waals surface area contributed by atoms with Crippen molar-refractivity contribution in [2.75, 3.05) is 11.1 Å². The molecule has 0 atom stereocenters. The zero-order valence-electron chi connectivity index (χ0n) is 7.87. The third kappa shape index (κ3) is 2.58. The second-order valence-electron chi connectivity index (χ2n) is 3.02. The number of aromatic nitrogens is 3. The molecule has 0 saturated carbocycles. The fourth-order valence-electron chi connectivity index (χ4n) is 1.19. The van der Waals surface area contributed by atoms with Crippen LogP contribution in [0, 0.1) is 3.57 Å². The Morgan fingerprint density at radius 2 is 2.33 bits per heavy atom. The number of H-pyrrole nitrogens is 1. The fourth-order valence-corrected chi connectivity index (χ4v) is 1.70. The van der Waals surface area contributed by atoms with Crippen molar-refractivity contribution in [2.45, 2.75) is 6.54 Å². The zero-order valence-corrected chi connectivity index (χ0v) is 10.0. The summed E-state index contributed by atoms with van der Waals surface area (Å²) in [6.07, 6.45) is 1.48. The minimum atomic E-state index is 0.588. The van der Waals surface area contributed by atoms with Gasteiger partial charge in [0.25, 0.3) is 0 Å². The van der Waals surface area contributed by atoms with E-state index in [2.05, 4.69) is 43.1 Å². The summed E-state index contributed by atoms with van der Waals surface area (Å²) in [5.41, 5.74) is 7.49. The van der Waals surface area contributed by atoms with Crippen LogP contribution in [0.2, 0.25) is 0 Å². The van der Waals surface area contributed by atoms with Gasteiger partial charge in [-0.25, -0.2) is 4.98 Å². The van der Waals surface area contributed by atoms with Crippen LogP contribution in [-0.4, -0.2) is 15.2 Å². The maximum Gasteiger partial charge on any atom is 0.143 e. The van der Waals surface area contributed by atoms with E-state index < -0.39 is 0 Å². The lowest BCUT2D eigenvalue weighted by Crippen LogP contribution is -2.04. The average Bonchev–Trinajstić information content (AvgIpc) is 2.69. The number of hydrogen-bond acceptors (Lipinski definition) is 4. The third-order valence-electron chi connectivity index (χ3n) is 1.92. The molecular formula is C9H10IN5. The molecule has 1 aromatic heterocycles. The van der Waals surface area contributed by atoms with Gasteiger partial charge in [0.15, 0.2) is 0 Å². The van der Waals surface area contributed by atoms with Crippen LogP contribution in [0.3, 0.4) is 0 Å². The summed E-state index contributed by atoms with van der Waals surface area (Å²) in [6.45, 7) is 0.588. The second kappa shape index (κ2) is 4.47. The Labute approximate surface area is 101 Å². The predicted octanol–water partition coefficient (Wildman–Crippen LogP) is 1.60. The van der Waals surface area contributed by atoms with Crippen molar-refractivity contribution in [1.82, 2.24) is 15.2 Å². The number of aromatic amines is 1. The normalized spacial score (nSPS) is 10.2. The van der Waals surface area contributed by atoms with Crippen molar-refractivity contribution in [1.29, 1.82) is 0 Å². The first kappa shape index (κ1) is 10.2. The summed E-state index contributed by atoms with van der Waals surface area (Å²) in [4.78, 5) is 4.01. The molecule has 78 valence electrons. The molecule has 6 heteroatoms. The molecule has 0 spiro atoms. The molecule has 0 amide bonds. The van der Waals surface area contributed by atoms with Gasteiger partial charge in [-0.3, -0.25) is 5.10 Å². The Balaban J connectivity index is 2.05. The summed E-state index contributed by atoms with van der Waals surface area (Å²) < 4.78 is 1.12. The molecule has 0 saturated heterocycles. The minimum Gasteiger partial charge on any atom is -0.397 e. The molecule has 2 rings (SSSR count). The number of anilines is 2. The number of rotatable bonds is 3. The monoisotopic (exact) mass is 315 g/mol. The predicted molar refractivity (Wildman–Crippen MR) is 67.3 cm³/mol. The summed E-state index contributed by atoms with van der Waals surface area (Å²) in [5.74, 6) is 0.785. The Kier molecular flexibility index (Phi) is 3.05. The second-order valence-corrected chi connectivity index (χ2v) is 4.26. The third-order valence-corrected chi connectivity index (χ3v) is 2.60. The Morgan fingerprint density at radius 3 is 3.00 bits per heavy atom. The topological polar surface area (TPSA) is 79.6 Å². The van der Waals surface area contributed by atoms with Crippen LogP contribution in [0.15, 0.2) is 24.5 Å². The van der Waals surface area contributed by atoms with Crippen molar-refractivity contribution < 1.29 is 0 Å². The first-order chi connectivity index (χ1) is 7.25. The van der Waals surface area contributed by atoms with E-state index in [1.807, 2.05) is 18.2 Å². The highest BCUT2D eigenvalue weighted by Gasteiger charge is 2.00. The number of halogens is 1. The quantitative estimate of drug-likeness (QED) is 0.594. The van der Waals surface area contributed by atoms with Gasteiger partial charge in [-0.15, -0.1) is 0 Å². The number of nitrogens with two attached hydrogens (primary N) is 1. The number of nitrogens with zero attached hydrogens (tertiary/aromatic N) is 2. The van der Waals surface area contributed by atoms with Crippen molar-refractivity contribution in [3.8, 4) is 0 Å². The van der Waals surface area contributed by atoms with Crippen LogP contribution in [0.5, 0.6) is 0 Å². The molecule has 1 heterocycles. The van der Waals surface area contributed by atoms with Crippen LogP contribution >= 0.6 is 22.6 Å². The van der Waals surface area contributed by atoms with Crippen LogP contribution in [0.25, 0.3) is 0 Å². The molecule has 2 aromatic rings. The molecule has 0 unspecified atom stereocenters. The van der Waals surface area contributed by atoms with Gasteiger partial charge >= 0.3 is 0 Å². The van der Waals surface area contributed by atoms with Crippen LogP contribution in [0.4, 0.5) is 11.4 Å². The van der Waals surface area contributed by atoms with Gasteiger partial charge in [0.1, 0.15) is 12.2 Å². The first-order valence-corrected chi connectivity index (χ1v) is 5.47. The van der Waals surface area contributed by atoms with Crippen molar-refractivity contribution >= 4 is 34.0 Å². The van der Waals surface area contributed by atoms with E-state index in [1.165, 1.54) is 6.33 Å². The zero-order chi connectivity index (χ0) is 10.7. The SMILES string of the molecule is Nc1cc(I)ccc1NCc1ncn[nH]1. The van der Waals surface area contributed by atoms with Gasteiger partial charge in [-0.2, -0.15) is 5.10 Å². The Morgan fingerprint density at radius 1 is 1.47 bits per heavy atom. The standard InChI is InChI=1S/C9H10IN5/c10-6-1-2-8(7(11)3-6)12-4-9-13-5-14-15-9/h1-3,5,12H,4,11H2,(H,13,14,15). The molecule has 1 aromatic carbocycles. The lowest BCUT2D eigenvalue weighted by Gasteiger charge is -2.07. The molecule has 15 heavy (non-hydrogen) atoms. The smallest absolute Gasteiger partial charge is 0.143 e. The highest BCUT2D eigenvalue weighted by Crippen LogP contribution is 2.20. The first-order valence-electron chi connectivity index (χ1n) is 4.39. The molecule has 0 aliphatic heterocycles. The van der Waals surface area contributed by atoms with Crippen molar-refractivity contribution in [3.05, 3.63) is 33.9 Å². The van der Waals surface area contributed by atoms with Gasteiger partial charge in [0, 0.05) is 3.57 Å². The largest absolute Gasteiger partial charge is 0.397 e. The maximum absolute atomic E-state index is 5.85. The Hall–Kier alpha value is -1.31. The molecule has 0 fully saturated rings. The van der Waals surface area contributed by atoms with Crippen LogP contribution in [-0.2, 0) is 6.54 Å². The van der Waals surface area contributed by atoms with E-state index >= 15 is 0 Å². The molecule has 0 aliphatic carbocycles. The van der Waals surface area contributed by atoms with Crippen LogP contribution < -0.4 is 11.1 Å². The summed E-state index contributed by atoms with van der Waals surface area (Å²) >= 11 is 2.22. The molecule has 0 aliphatic rings. The van der Waals surface area contributed by atoms with E-state index in [1.54, 1.807) is 0 Å². The van der Waals surface area contributed by atoms with E-state index in [9.17, 15) is 0 Å². The lowest BCUT2D eigenvalue weighted by molar-refractivity contribution is 0.955.